The first-order valence-electron chi connectivity index (χ1n) is 4.82. The number of hydrogen-bond acceptors (Lipinski definition) is 2. The Morgan fingerprint density at radius 1 is 1.54 bits per heavy atom. The summed E-state index contributed by atoms with van der Waals surface area (Å²) in [6.45, 7) is 1.52. The minimum absolute atomic E-state index is 0.0766. The molecule has 0 radical (unpaired) electrons. The van der Waals surface area contributed by atoms with E-state index in [0.717, 1.165) is 13.0 Å². The predicted octanol–water partition coefficient (Wildman–Crippen LogP) is 1.31. The van der Waals surface area contributed by atoms with Gasteiger partial charge in [0.15, 0.2) is 0 Å². The van der Waals surface area contributed by atoms with Crippen molar-refractivity contribution in [3.05, 3.63) is 0 Å². The van der Waals surface area contributed by atoms with E-state index in [1.54, 1.807) is 0 Å². The van der Waals surface area contributed by atoms with Crippen LogP contribution in [0.15, 0.2) is 0 Å². The Morgan fingerprint density at radius 2 is 2.23 bits per heavy atom. The molecule has 2 N–H and O–H groups in total. The van der Waals surface area contributed by atoms with Crippen LogP contribution in [-0.2, 0) is 0 Å². The van der Waals surface area contributed by atoms with E-state index >= 15 is 0 Å². The number of piperidine rings is 1. The molecule has 0 aromatic carbocycles. The van der Waals surface area contributed by atoms with Crippen molar-refractivity contribution in [1.82, 2.24) is 4.90 Å². The van der Waals surface area contributed by atoms with E-state index < -0.39 is 11.8 Å². The number of hydrogen-bond donors (Lipinski definition) is 1. The molecule has 0 spiro atoms. The van der Waals surface area contributed by atoms with Gasteiger partial charge in [0.25, 0.3) is 5.92 Å². The Kier molecular flexibility index (Phi) is 3.62. The number of nitrogens with two attached hydrogens (primary N) is 1. The molecule has 0 aromatic heterocycles. The van der Waals surface area contributed by atoms with Gasteiger partial charge in [0, 0.05) is 18.9 Å². The van der Waals surface area contributed by atoms with E-state index in [1.807, 2.05) is 11.9 Å². The second kappa shape index (κ2) is 4.33. The quantitative estimate of drug-likeness (QED) is 0.730. The van der Waals surface area contributed by atoms with Crippen LogP contribution in [-0.4, -0.2) is 37.5 Å². The Morgan fingerprint density at radius 3 is 2.77 bits per heavy atom. The lowest BCUT2D eigenvalue weighted by Gasteiger charge is -2.34. The number of likely N-dealkylation sites (tertiary alicyclic amines) is 1. The lowest BCUT2D eigenvalue weighted by atomic mass is 9.90. The normalized spacial score (nSPS) is 26.3. The molecule has 1 saturated heterocycles. The van der Waals surface area contributed by atoms with E-state index in [4.69, 9.17) is 5.73 Å². The predicted molar refractivity (Wildman–Crippen MR) is 48.8 cm³/mol. The lowest BCUT2D eigenvalue weighted by Crippen LogP contribution is -2.42. The average molecular weight is 192 g/mol. The first-order chi connectivity index (χ1) is 6.06. The molecule has 1 aliphatic rings. The van der Waals surface area contributed by atoms with E-state index in [9.17, 15) is 8.78 Å². The van der Waals surface area contributed by atoms with E-state index in [-0.39, 0.29) is 13.0 Å². The molecule has 1 heterocycles. The zero-order chi connectivity index (χ0) is 9.90. The molecule has 0 aromatic rings. The molecule has 0 bridgehead atoms. The van der Waals surface area contributed by atoms with Gasteiger partial charge in [-0.15, -0.1) is 0 Å². The maximum absolute atomic E-state index is 13.4. The van der Waals surface area contributed by atoms with Gasteiger partial charge in [0.1, 0.15) is 0 Å². The van der Waals surface area contributed by atoms with E-state index in [0.29, 0.717) is 13.0 Å². The van der Waals surface area contributed by atoms with Crippen LogP contribution in [0.2, 0.25) is 0 Å². The van der Waals surface area contributed by atoms with Gasteiger partial charge in [-0.2, -0.15) is 0 Å². The van der Waals surface area contributed by atoms with Crippen molar-refractivity contribution in [2.45, 2.75) is 25.2 Å². The van der Waals surface area contributed by atoms with Crippen molar-refractivity contribution in [2.75, 3.05) is 26.7 Å². The molecule has 1 fully saturated rings. The molecule has 1 atom stereocenters. The summed E-state index contributed by atoms with van der Waals surface area (Å²) in [6.07, 6.45) is 1.34. The third kappa shape index (κ3) is 2.88. The Balaban J connectivity index is 2.48. The summed E-state index contributed by atoms with van der Waals surface area (Å²) < 4.78 is 26.8. The van der Waals surface area contributed by atoms with Gasteiger partial charge in [-0.3, -0.25) is 0 Å². The molecule has 78 valence electrons. The summed E-state index contributed by atoms with van der Waals surface area (Å²) in [6, 6.07) is 0. The molecule has 2 nitrogen and oxygen atoms in total. The zero-order valence-corrected chi connectivity index (χ0v) is 8.10. The van der Waals surface area contributed by atoms with Crippen LogP contribution < -0.4 is 5.73 Å². The third-order valence-electron chi connectivity index (χ3n) is 2.70. The average Bonchev–Trinajstić information content (AvgIpc) is 2.04. The highest BCUT2D eigenvalue weighted by atomic mass is 19.3. The molecule has 1 rings (SSSR count). The van der Waals surface area contributed by atoms with Gasteiger partial charge in [-0.05, 0) is 33.0 Å². The number of nitrogens with zero attached hydrogens (tertiary/aromatic N) is 1. The van der Waals surface area contributed by atoms with Crippen molar-refractivity contribution in [1.29, 1.82) is 0 Å². The lowest BCUT2D eigenvalue weighted by molar-refractivity contribution is -0.0835. The molecule has 13 heavy (non-hydrogen) atoms. The largest absolute Gasteiger partial charge is 0.330 e. The van der Waals surface area contributed by atoms with E-state index in [2.05, 4.69) is 0 Å². The van der Waals surface area contributed by atoms with Crippen LogP contribution in [0.4, 0.5) is 8.78 Å². The summed E-state index contributed by atoms with van der Waals surface area (Å²) >= 11 is 0. The summed E-state index contributed by atoms with van der Waals surface area (Å²) in [4.78, 5) is 1.97. The highest BCUT2D eigenvalue weighted by Crippen LogP contribution is 2.33. The second-order valence-corrected chi connectivity index (χ2v) is 3.90. The highest BCUT2D eigenvalue weighted by molar-refractivity contribution is 4.82. The topological polar surface area (TPSA) is 29.3 Å². The van der Waals surface area contributed by atoms with Crippen molar-refractivity contribution in [2.24, 2.45) is 11.7 Å². The van der Waals surface area contributed by atoms with Crippen LogP contribution in [0.25, 0.3) is 0 Å². The monoisotopic (exact) mass is 192 g/mol. The summed E-state index contributed by atoms with van der Waals surface area (Å²) in [5.74, 6) is -3.06. The standard InChI is InChI=1S/C9H18F2N2/c1-13-6-2-3-8(7-13)9(10,11)4-5-12/h8H,2-7,12H2,1H3. The van der Waals surface area contributed by atoms with Crippen molar-refractivity contribution >= 4 is 0 Å². The van der Waals surface area contributed by atoms with Gasteiger partial charge >= 0.3 is 0 Å². The molecular formula is C9H18F2N2. The van der Waals surface area contributed by atoms with Gasteiger partial charge < -0.3 is 10.6 Å². The van der Waals surface area contributed by atoms with Crippen LogP contribution in [0, 0.1) is 5.92 Å². The second-order valence-electron chi connectivity index (χ2n) is 3.90. The summed E-state index contributed by atoms with van der Waals surface area (Å²) in [5.41, 5.74) is 5.16. The van der Waals surface area contributed by atoms with Gasteiger partial charge in [-0.25, -0.2) is 8.78 Å². The van der Waals surface area contributed by atoms with Crippen molar-refractivity contribution < 1.29 is 8.78 Å². The first-order valence-corrected chi connectivity index (χ1v) is 4.82. The van der Waals surface area contributed by atoms with Crippen molar-refractivity contribution in [3.63, 3.8) is 0 Å². The summed E-state index contributed by atoms with van der Waals surface area (Å²) in [5, 5.41) is 0. The van der Waals surface area contributed by atoms with Crippen LogP contribution >= 0.6 is 0 Å². The SMILES string of the molecule is CN1CCCC(C(F)(F)CCN)C1. The Hall–Kier alpha value is -0.220. The Bertz CT molecular complexity index is 162. The first kappa shape index (κ1) is 10.9. The van der Waals surface area contributed by atoms with Crippen LogP contribution in [0.1, 0.15) is 19.3 Å². The highest BCUT2D eigenvalue weighted by Gasteiger charge is 2.39. The fourth-order valence-electron chi connectivity index (χ4n) is 1.91. The molecular weight excluding hydrogens is 174 g/mol. The number of halogens is 2. The minimum atomic E-state index is -2.57. The smallest absolute Gasteiger partial charge is 0.253 e. The summed E-state index contributed by atoms with van der Waals surface area (Å²) in [7, 11) is 1.89. The molecule has 1 unspecified atom stereocenters. The van der Waals surface area contributed by atoms with Gasteiger partial charge in [-0.1, -0.05) is 0 Å². The maximum atomic E-state index is 13.4. The molecule has 0 aliphatic carbocycles. The van der Waals surface area contributed by atoms with Gasteiger partial charge in [0.05, 0.1) is 0 Å². The maximum Gasteiger partial charge on any atom is 0.253 e. The minimum Gasteiger partial charge on any atom is -0.330 e. The van der Waals surface area contributed by atoms with E-state index in [1.165, 1.54) is 0 Å². The van der Waals surface area contributed by atoms with Crippen LogP contribution in [0.3, 0.4) is 0 Å². The molecule has 0 amide bonds. The molecule has 1 aliphatic heterocycles. The van der Waals surface area contributed by atoms with Gasteiger partial charge in [0.2, 0.25) is 0 Å². The third-order valence-corrected chi connectivity index (χ3v) is 2.70. The number of alkyl halides is 2. The molecule has 0 saturated carbocycles. The molecule has 4 heteroatoms. The van der Waals surface area contributed by atoms with Crippen LogP contribution in [0.5, 0.6) is 0 Å². The fraction of sp³-hybridized carbons (Fsp3) is 1.00. The fourth-order valence-corrected chi connectivity index (χ4v) is 1.91. The van der Waals surface area contributed by atoms with Crippen molar-refractivity contribution in [3.8, 4) is 0 Å². The Labute approximate surface area is 78.1 Å². The zero-order valence-electron chi connectivity index (χ0n) is 8.10. The number of rotatable bonds is 3.